The fourth-order valence-corrected chi connectivity index (χ4v) is 4.29. The van der Waals surface area contributed by atoms with E-state index in [0.717, 1.165) is 0 Å². The third-order valence-electron chi connectivity index (χ3n) is 5.65. The Kier molecular flexibility index (Phi) is 4.96. The van der Waals surface area contributed by atoms with Crippen LogP contribution in [0.4, 0.5) is 8.78 Å². The average Bonchev–Trinajstić information content (AvgIpc) is 3.37. The number of fused-ring (bicyclic) bond motifs is 1. The van der Waals surface area contributed by atoms with Crippen molar-refractivity contribution in [1.82, 2.24) is 9.80 Å². The maximum atomic E-state index is 13.6. The minimum absolute atomic E-state index is 0.0440. The standard InChI is InChI=1S/C20H20F2N4O3/c21-12-1-2-15-16(6-12)29-19(18(15)20(24)28)11-3-4-25(8-11)10-17(27)26-9-13(22)5-14(26)7-23/h1-2,6,11,13-14H,3-5,8-10H2,(H2,24,28)/t11-,13-,14-/m0/s1. The number of likely N-dealkylation sites (tertiary alicyclic amines) is 2. The van der Waals surface area contributed by atoms with E-state index >= 15 is 0 Å². The zero-order valence-electron chi connectivity index (χ0n) is 15.6. The van der Waals surface area contributed by atoms with Gasteiger partial charge < -0.3 is 15.1 Å². The molecule has 3 heterocycles. The van der Waals surface area contributed by atoms with Gasteiger partial charge in [0, 0.05) is 30.3 Å². The molecule has 4 rings (SSSR count). The lowest BCUT2D eigenvalue weighted by molar-refractivity contribution is -0.132. The molecule has 2 fully saturated rings. The molecule has 2 aromatic rings. The van der Waals surface area contributed by atoms with Gasteiger partial charge in [-0.25, -0.2) is 8.78 Å². The second-order valence-electron chi connectivity index (χ2n) is 7.59. The highest BCUT2D eigenvalue weighted by Crippen LogP contribution is 2.36. The zero-order chi connectivity index (χ0) is 20.7. The SMILES string of the molecule is N#C[C@@H]1C[C@H](F)CN1C(=O)CN1CC[C@H](c2oc3cc(F)ccc3c2C(N)=O)C1. The molecule has 9 heteroatoms. The van der Waals surface area contributed by atoms with E-state index in [9.17, 15) is 18.4 Å². The Morgan fingerprint density at radius 3 is 2.86 bits per heavy atom. The molecule has 29 heavy (non-hydrogen) atoms. The summed E-state index contributed by atoms with van der Waals surface area (Å²) in [5, 5.41) is 9.58. The van der Waals surface area contributed by atoms with Gasteiger partial charge >= 0.3 is 0 Å². The number of amides is 2. The van der Waals surface area contributed by atoms with Crippen molar-refractivity contribution in [3.05, 3.63) is 35.3 Å². The number of primary amides is 1. The Hall–Kier alpha value is -2.99. The van der Waals surface area contributed by atoms with Crippen molar-refractivity contribution >= 4 is 22.8 Å². The first-order chi connectivity index (χ1) is 13.9. The van der Waals surface area contributed by atoms with E-state index in [1.165, 1.54) is 23.1 Å². The Balaban J connectivity index is 1.50. The summed E-state index contributed by atoms with van der Waals surface area (Å²) in [6, 6.07) is 5.17. The smallest absolute Gasteiger partial charge is 0.252 e. The van der Waals surface area contributed by atoms with Gasteiger partial charge in [-0.2, -0.15) is 5.26 Å². The van der Waals surface area contributed by atoms with Gasteiger partial charge in [-0.15, -0.1) is 0 Å². The first-order valence-electron chi connectivity index (χ1n) is 9.44. The first kappa shape index (κ1) is 19.3. The van der Waals surface area contributed by atoms with Crippen molar-refractivity contribution in [1.29, 1.82) is 5.26 Å². The predicted octanol–water partition coefficient (Wildman–Crippen LogP) is 1.92. The van der Waals surface area contributed by atoms with Gasteiger partial charge in [0.15, 0.2) is 0 Å². The zero-order valence-corrected chi connectivity index (χ0v) is 15.6. The Bertz CT molecular complexity index is 1020. The van der Waals surface area contributed by atoms with Crippen LogP contribution in [0.15, 0.2) is 22.6 Å². The van der Waals surface area contributed by atoms with E-state index in [2.05, 4.69) is 0 Å². The Morgan fingerprint density at radius 2 is 2.14 bits per heavy atom. The highest BCUT2D eigenvalue weighted by atomic mass is 19.1. The summed E-state index contributed by atoms with van der Waals surface area (Å²) < 4.78 is 32.9. The minimum Gasteiger partial charge on any atom is -0.460 e. The molecule has 152 valence electrons. The summed E-state index contributed by atoms with van der Waals surface area (Å²) in [5.41, 5.74) is 6.03. The molecule has 2 aliphatic heterocycles. The maximum Gasteiger partial charge on any atom is 0.252 e. The Labute approximate surface area is 165 Å². The van der Waals surface area contributed by atoms with Crippen LogP contribution < -0.4 is 5.73 Å². The molecule has 2 N–H and O–H groups in total. The quantitative estimate of drug-likeness (QED) is 0.842. The number of nitriles is 1. The number of nitrogens with zero attached hydrogens (tertiary/aromatic N) is 3. The molecule has 2 amide bonds. The number of alkyl halides is 1. The second-order valence-corrected chi connectivity index (χ2v) is 7.59. The largest absolute Gasteiger partial charge is 0.460 e. The fraction of sp³-hybridized carbons (Fsp3) is 0.450. The summed E-state index contributed by atoms with van der Waals surface area (Å²) in [6.45, 7) is 1.01. The summed E-state index contributed by atoms with van der Waals surface area (Å²) in [6.07, 6.45) is -0.505. The molecule has 0 unspecified atom stereocenters. The number of carbonyl (C=O) groups is 2. The van der Waals surface area contributed by atoms with Gasteiger partial charge in [0.1, 0.15) is 29.4 Å². The number of benzene rings is 1. The summed E-state index contributed by atoms with van der Waals surface area (Å²) in [5.74, 6) is -1.20. The van der Waals surface area contributed by atoms with Crippen molar-refractivity contribution in [3.63, 3.8) is 0 Å². The van der Waals surface area contributed by atoms with Gasteiger partial charge in [-0.05, 0) is 25.1 Å². The van der Waals surface area contributed by atoms with E-state index in [0.29, 0.717) is 30.7 Å². The van der Waals surface area contributed by atoms with Crippen LogP contribution in [0.5, 0.6) is 0 Å². The van der Waals surface area contributed by atoms with Crippen LogP contribution in [-0.4, -0.2) is 60.0 Å². The predicted molar refractivity (Wildman–Crippen MR) is 99.1 cm³/mol. The van der Waals surface area contributed by atoms with Crippen LogP contribution in [0.2, 0.25) is 0 Å². The van der Waals surface area contributed by atoms with Crippen LogP contribution in [0.3, 0.4) is 0 Å². The van der Waals surface area contributed by atoms with Gasteiger partial charge in [0.2, 0.25) is 5.91 Å². The third kappa shape index (κ3) is 3.56. The number of rotatable bonds is 4. The topological polar surface area (TPSA) is 104 Å². The maximum absolute atomic E-state index is 13.6. The van der Waals surface area contributed by atoms with Crippen molar-refractivity contribution in [2.45, 2.75) is 31.0 Å². The lowest BCUT2D eigenvalue weighted by Crippen LogP contribution is -2.42. The number of hydrogen-bond acceptors (Lipinski definition) is 5. The van der Waals surface area contributed by atoms with Crippen molar-refractivity contribution in [3.8, 4) is 6.07 Å². The molecule has 1 aromatic carbocycles. The molecule has 1 aromatic heterocycles. The van der Waals surface area contributed by atoms with Crippen molar-refractivity contribution < 1.29 is 22.8 Å². The number of carbonyl (C=O) groups excluding carboxylic acids is 2. The van der Waals surface area contributed by atoms with Crippen LogP contribution in [0, 0.1) is 17.1 Å². The molecule has 0 spiro atoms. The molecule has 3 atom stereocenters. The summed E-state index contributed by atoms with van der Waals surface area (Å²) in [4.78, 5) is 27.7. The molecule has 0 radical (unpaired) electrons. The van der Waals surface area contributed by atoms with Gasteiger partial charge in [0.05, 0.1) is 24.7 Å². The third-order valence-corrected chi connectivity index (χ3v) is 5.65. The normalized spacial score (nSPS) is 24.9. The molecule has 0 saturated carbocycles. The number of hydrogen-bond donors (Lipinski definition) is 1. The molecule has 2 aliphatic rings. The van der Waals surface area contributed by atoms with Crippen LogP contribution in [0.1, 0.15) is 34.9 Å². The highest BCUT2D eigenvalue weighted by molar-refractivity contribution is 6.06. The number of furan rings is 1. The summed E-state index contributed by atoms with van der Waals surface area (Å²) >= 11 is 0. The summed E-state index contributed by atoms with van der Waals surface area (Å²) in [7, 11) is 0. The van der Waals surface area contributed by atoms with Crippen LogP contribution >= 0.6 is 0 Å². The Morgan fingerprint density at radius 1 is 1.34 bits per heavy atom. The highest BCUT2D eigenvalue weighted by Gasteiger charge is 2.37. The lowest BCUT2D eigenvalue weighted by Gasteiger charge is -2.23. The molecular weight excluding hydrogens is 382 g/mol. The fourth-order valence-electron chi connectivity index (χ4n) is 4.29. The average molecular weight is 402 g/mol. The molecule has 2 saturated heterocycles. The second kappa shape index (κ2) is 7.44. The lowest BCUT2D eigenvalue weighted by atomic mass is 9.99. The first-order valence-corrected chi connectivity index (χ1v) is 9.44. The van der Waals surface area contributed by atoms with E-state index in [4.69, 9.17) is 15.4 Å². The molecular formula is C20H20F2N4O3. The van der Waals surface area contributed by atoms with Gasteiger partial charge in [0.25, 0.3) is 5.91 Å². The molecule has 0 aliphatic carbocycles. The monoisotopic (exact) mass is 402 g/mol. The van der Waals surface area contributed by atoms with E-state index < -0.39 is 23.9 Å². The molecule has 0 bridgehead atoms. The van der Waals surface area contributed by atoms with Crippen LogP contribution in [0.25, 0.3) is 11.0 Å². The van der Waals surface area contributed by atoms with Crippen LogP contribution in [-0.2, 0) is 4.79 Å². The van der Waals surface area contributed by atoms with Crippen molar-refractivity contribution in [2.75, 3.05) is 26.2 Å². The van der Waals surface area contributed by atoms with Gasteiger partial charge in [-0.1, -0.05) is 0 Å². The van der Waals surface area contributed by atoms with E-state index in [-0.39, 0.29) is 42.5 Å². The van der Waals surface area contributed by atoms with Gasteiger partial charge in [-0.3, -0.25) is 14.5 Å². The molecule has 7 nitrogen and oxygen atoms in total. The number of halogens is 2. The van der Waals surface area contributed by atoms with E-state index in [1.807, 2.05) is 11.0 Å². The number of nitrogens with two attached hydrogens (primary N) is 1. The minimum atomic E-state index is -1.18. The van der Waals surface area contributed by atoms with Crippen molar-refractivity contribution in [2.24, 2.45) is 5.73 Å². The van der Waals surface area contributed by atoms with E-state index in [1.54, 1.807) is 0 Å².